The highest BCUT2D eigenvalue weighted by molar-refractivity contribution is 7.89. The van der Waals surface area contributed by atoms with Crippen LogP contribution in [-0.2, 0) is 26.1 Å². The highest BCUT2D eigenvalue weighted by Gasteiger charge is 2.48. The number of imide groups is 1. The van der Waals surface area contributed by atoms with Gasteiger partial charge in [-0.1, -0.05) is 78.9 Å². The molecule has 1 fully saturated rings. The molecule has 292 valence electrons. The average molecular weight is 803 g/mol. The monoisotopic (exact) mass is 802 g/mol. The number of aromatic nitrogens is 1. The molecule has 0 bridgehead atoms. The molecule has 1 aliphatic rings. The molecule has 2 amide bonds. The summed E-state index contributed by atoms with van der Waals surface area (Å²) < 4.78 is 62.8. The maximum absolute atomic E-state index is 14.4. The van der Waals surface area contributed by atoms with Crippen molar-refractivity contribution in [2.24, 2.45) is 11.7 Å². The fourth-order valence-electron chi connectivity index (χ4n) is 6.87. The Balaban J connectivity index is 1.30. The molecule has 0 saturated heterocycles. The van der Waals surface area contributed by atoms with Crippen LogP contribution in [-0.4, -0.2) is 77.7 Å². The number of benzene rings is 3. The van der Waals surface area contributed by atoms with Gasteiger partial charge in [0.1, 0.15) is 5.69 Å². The number of ether oxygens (including phenoxy) is 1. The van der Waals surface area contributed by atoms with Gasteiger partial charge in [-0.25, -0.2) is 26.9 Å². The van der Waals surface area contributed by atoms with E-state index in [4.69, 9.17) is 10.5 Å². The van der Waals surface area contributed by atoms with Crippen LogP contribution in [0.4, 0.5) is 13.6 Å². The molecule has 6 rings (SSSR count). The normalized spacial score (nSPS) is 15.2. The molecule has 2 aromatic heterocycles. The molecule has 2 atom stereocenters. The standard InChI is InChI=1S/C41H40F2N4O7S2/c1-54-40(51)46(39(50)37(44)36(28-11-4-2-5-12-28)29-13-6-3-7-14-29)25-31-18-19-35(55-31)34(26-48)47(24-27-22-41(42,43)23-27)56(52,53)32-16-10-15-30(21-32)38(49)33-17-8-9-20-45-33/h2-21,27,34,36-37,48H,22-26,44H2,1H3/t34-,37+/m1/s1. The Morgan fingerprint density at radius 3 is 2.14 bits per heavy atom. The molecule has 1 aliphatic carbocycles. The largest absolute Gasteiger partial charge is 0.452 e. The van der Waals surface area contributed by atoms with Crippen LogP contribution in [0, 0.1) is 5.92 Å². The smallest absolute Gasteiger partial charge is 0.416 e. The minimum atomic E-state index is -4.52. The highest BCUT2D eigenvalue weighted by Crippen LogP contribution is 2.45. The lowest BCUT2D eigenvalue weighted by Gasteiger charge is -2.39. The predicted octanol–water partition coefficient (Wildman–Crippen LogP) is 6.40. The van der Waals surface area contributed by atoms with Crippen LogP contribution < -0.4 is 5.73 Å². The summed E-state index contributed by atoms with van der Waals surface area (Å²) in [6.07, 6.45) is -0.594. The van der Waals surface area contributed by atoms with Crippen LogP contribution in [0.25, 0.3) is 0 Å². The topological polar surface area (TPSA) is 160 Å². The zero-order valence-corrected chi connectivity index (χ0v) is 31.9. The van der Waals surface area contributed by atoms with Crippen LogP contribution in [0.5, 0.6) is 0 Å². The molecule has 2 heterocycles. The van der Waals surface area contributed by atoms with Crippen LogP contribution in [0.15, 0.2) is 126 Å². The molecule has 56 heavy (non-hydrogen) atoms. The van der Waals surface area contributed by atoms with Gasteiger partial charge in [-0.3, -0.25) is 14.6 Å². The molecule has 0 unspecified atom stereocenters. The molecule has 3 N–H and O–H groups in total. The minimum Gasteiger partial charge on any atom is -0.452 e. The maximum atomic E-state index is 14.4. The first-order valence-electron chi connectivity index (χ1n) is 17.7. The predicted molar refractivity (Wildman–Crippen MR) is 205 cm³/mol. The number of hydrogen-bond acceptors (Lipinski definition) is 10. The summed E-state index contributed by atoms with van der Waals surface area (Å²) in [5.41, 5.74) is 8.32. The van der Waals surface area contributed by atoms with E-state index in [2.05, 4.69) is 4.98 Å². The van der Waals surface area contributed by atoms with Crippen LogP contribution in [0.3, 0.4) is 0 Å². The Morgan fingerprint density at radius 1 is 0.929 bits per heavy atom. The third kappa shape index (κ3) is 8.92. The van der Waals surface area contributed by atoms with Gasteiger partial charge in [0.15, 0.2) is 0 Å². The fraction of sp³-hybridized carbons (Fsp3) is 0.268. The number of hydrogen-bond donors (Lipinski definition) is 2. The number of pyridine rings is 1. The van der Waals surface area contributed by atoms with Crippen LogP contribution in [0.1, 0.15) is 61.7 Å². The number of sulfonamides is 1. The molecule has 3 aromatic carbocycles. The second-order valence-corrected chi connectivity index (χ2v) is 16.6. The number of nitrogens with two attached hydrogens (primary N) is 1. The van der Waals surface area contributed by atoms with E-state index in [1.54, 1.807) is 24.3 Å². The van der Waals surface area contributed by atoms with Gasteiger partial charge >= 0.3 is 6.09 Å². The summed E-state index contributed by atoms with van der Waals surface area (Å²) in [5, 5.41) is 10.7. The lowest BCUT2D eigenvalue weighted by atomic mass is 9.81. The van der Waals surface area contributed by atoms with E-state index < -0.39 is 77.1 Å². The molecule has 0 radical (unpaired) electrons. The molecule has 5 aromatic rings. The number of carbonyl (C=O) groups excluding carboxylic acids is 3. The number of ketones is 1. The van der Waals surface area contributed by atoms with Crippen molar-refractivity contribution in [3.63, 3.8) is 0 Å². The number of alkyl halides is 2. The maximum Gasteiger partial charge on any atom is 0.416 e. The number of nitrogens with zero attached hydrogens (tertiary/aromatic N) is 3. The van der Waals surface area contributed by atoms with Crippen molar-refractivity contribution in [1.82, 2.24) is 14.2 Å². The molecule has 0 spiro atoms. The lowest BCUT2D eigenvalue weighted by Crippen LogP contribution is -2.49. The highest BCUT2D eigenvalue weighted by atomic mass is 32.2. The minimum absolute atomic E-state index is 0.0476. The number of thiophene rings is 1. The first kappa shape index (κ1) is 40.5. The Hall–Kier alpha value is -5.19. The summed E-state index contributed by atoms with van der Waals surface area (Å²) in [5.74, 6) is -5.51. The van der Waals surface area contributed by atoms with Crippen molar-refractivity contribution >= 4 is 39.1 Å². The quantitative estimate of drug-likeness (QED) is 0.114. The summed E-state index contributed by atoms with van der Waals surface area (Å²) >= 11 is 1.03. The lowest BCUT2D eigenvalue weighted by molar-refractivity contribution is -0.131. The van der Waals surface area contributed by atoms with Gasteiger partial charge in [0, 0.05) is 46.8 Å². The third-order valence-corrected chi connectivity index (χ3v) is 12.7. The zero-order valence-electron chi connectivity index (χ0n) is 30.3. The molecule has 11 nitrogen and oxygen atoms in total. The molecule has 0 aliphatic heterocycles. The van der Waals surface area contributed by atoms with E-state index in [-0.39, 0.29) is 29.2 Å². The van der Waals surface area contributed by atoms with Gasteiger partial charge < -0.3 is 15.6 Å². The molecule has 1 saturated carbocycles. The van der Waals surface area contributed by atoms with Gasteiger partial charge in [-0.15, -0.1) is 11.3 Å². The van der Waals surface area contributed by atoms with Crippen molar-refractivity contribution in [1.29, 1.82) is 0 Å². The van der Waals surface area contributed by atoms with E-state index in [9.17, 15) is 36.7 Å². The van der Waals surface area contributed by atoms with Crippen LogP contribution in [0.2, 0.25) is 0 Å². The molecular weight excluding hydrogens is 763 g/mol. The van der Waals surface area contributed by atoms with Gasteiger partial charge in [0.2, 0.25) is 27.6 Å². The van der Waals surface area contributed by atoms with Gasteiger partial charge in [-0.2, -0.15) is 4.31 Å². The number of aliphatic hydroxyl groups is 1. The first-order valence-corrected chi connectivity index (χ1v) is 20.0. The molecular formula is C41H40F2N4O7S2. The Labute approximate surface area is 327 Å². The van der Waals surface area contributed by atoms with E-state index >= 15 is 0 Å². The van der Waals surface area contributed by atoms with E-state index in [0.717, 1.165) is 38.8 Å². The molecule has 15 heteroatoms. The number of amides is 2. The van der Waals surface area contributed by atoms with Crippen molar-refractivity contribution in [3.05, 3.63) is 154 Å². The summed E-state index contributed by atoms with van der Waals surface area (Å²) in [4.78, 5) is 45.8. The van der Waals surface area contributed by atoms with Crippen molar-refractivity contribution in [2.45, 2.75) is 48.2 Å². The third-order valence-electron chi connectivity index (χ3n) is 9.68. The number of halogens is 2. The van der Waals surface area contributed by atoms with Crippen molar-refractivity contribution < 1.29 is 41.4 Å². The van der Waals surface area contributed by atoms with Gasteiger partial charge in [0.05, 0.1) is 37.2 Å². The average Bonchev–Trinajstić information content (AvgIpc) is 3.67. The number of carbonyl (C=O) groups is 3. The number of aliphatic hydroxyl groups excluding tert-OH is 1. The fourth-order valence-corrected chi connectivity index (χ4v) is 9.76. The van der Waals surface area contributed by atoms with E-state index in [1.165, 1.54) is 36.5 Å². The summed E-state index contributed by atoms with van der Waals surface area (Å²) in [6, 6.07) is 29.1. The van der Waals surface area contributed by atoms with Crippen molar-refractivity contribution in [3.8, 4) is 0 Å². The summed E-state index contributed by atoms with van der Waals surface area (Å²) in [7, 11) is -3.39. The zero-order chi connectivity index (χ0) is 40.0. The van der Waals surface area contributed by atoms with Gasteiger partial charge in [-0.05, 0) is 53.4 Å². The first-order chi connectivity index (χ1) is 26.8. The van der Waals surface area contributed by atoms with Crippen LogP contribution >= 0.6 is 11.3 Å². The number of methoxy groups -OCH3 is 1. The SMILES string of the molecule is COC(=O)N(Cc1ccc([C@@H](CO)N(CC2CC(F)(F)C2)S(=O)(=O)c2cccc(C(=O)c3ccccn3)c2)s1)C(=O)[C@@H](N)C(c1ccccc1)c1ccccc1. The van der Waals surface area contributed by atoms with Gasteiger partial charge in [0.25, 0.3) is 0 Å². The Morgan fingerprint density at radius 2 is 1.57 bits per heavy atom. The van der Waals surface area contributed by atoms with Crippen molar-refractivity contribution in [2.75, 3.05) is 20.3 Å². The second kappa shape index (κ2) is 17.3. The Bertz CT molecular complexity index is 2210. The number of rotatable bonds is 15. The van der Waals surface area contributed by atoms with E-state index in [0.29, 0.717) is 9.75 Å². The van der Waals surface area contributed by atoms with E-state index in [1.807, 2.05) is 60.7 Å². The second-order valence-electron chi connectivity index (χ2n) is 13.5. The Kier molecular flexibility index (Phi) is 12.5. The summed E-state index contributed by atoms with van der Waals surface area (Å²) in [6.45, 7) is -1.36.